The molecule has 0 N–H and O–H groups in total. The first kappa shape index (κ1) is 12.9. The van der Waals surface area contributed by atoms with Crippen LogP contribution >= 0.6 is 0 Å². The Balaban J connectivity index is 3.63. The molecule has 2 nitrogen and oxygen atoms in total. The minimum Gasteiger partial charge on any atom is -0.462 e. The number of hydrogen-bond donors (Lipinski definition) is 0. The first-order valence-corrected chi connectivity index (χ1v) is 4.90. The molecule has 0 atom stereocenters. The van der Waals surface area contributed by atoms with Crippen LogP contribution < -0.4 is 0 Å². The fourth-order valence-corrected chi connectivity index (χ4v) is 0.875. The smallest absolute Gasteiger partial charge is 0.333 e. The van der Waals surface area contributed by atoms with Gasteiger partial charge in [-0.15, -0.1) is 0 Å². The Bertz CT molecular complexity index is 245. The molecule has 80 valence electrons. The lowest BCUT2D eigenvalue weighted by molar-refractivity contribution is -0.139. The number of ether oxygens (including phenoxy) is 1. The summed E-state index contributed by atoms with van der Waals surface area (Å²) in [5.41, 5.74) is 3.18. The molecule has 0 aliphatic carbocycles. The van der Waals surface area contributed by atoms with Crippen LogP contribution in [0.1, 0.15) is 40.5 Å². The Labute approximate surface area is 86.6 Å². The van der Waals surface area contributed by atoms with E-state index in [1.54, 1.807) is 6.92 Å². The van der Waals surface area contributed by atoms with Crippen molar-refractivity contribution in [1.82, 2.24) is 0 Å². The fraction of sp³-hybridized carbons (Fsp3) is 0.583. The maximum absolute atomic E-state index is 11.0. The Hall–Kier alpha value is -1.05. The minimum absolute atomic E-state index is 0.292. The highest BCUT2D eigenvalue weighted by Crippen LogP contribution is 2.09. The van der Waals surface area contributed by atoms with Gasteiger partial charge in [-0.2, -0.15) is 0 Å². The second kappa shape index (κ2) is 6.41. The third-order valence-electron chi connectivity index (χ3n) is 2.13. The molecule has 0 aromatic heterocycles. The second-order valence-electron chi connectivity index (χ2n) is 3.80. The summed E-state index contributed by atoms with van der Waals surface area (Å²) in [4.78, 5) is 11.0. The van der Waals surface area contributed by atoms with Crippen molar-refractivity contribution in [3.05, 3.63) is 23.3 Å². The summed E-state index contributed by atoms with van der Waals surface area (Å²) in [6, 6.07) is 0. The highest BCUT2D eigenvalue weighted by molar-refractivity contribution is 5.86. The highest BCUT2D eigenvalue weighted by Gasteiger charge is 2.02. The zero-order valence-corrected chi connectivity index (χ0v) is 9.64. The molecule has 0 spiro atoms. The lowest BCUT2D eigenvalue weighted by Gasteiger charge is -2.05. The number of rotatable bonds is 5. The van der Waals surface area contributed by atoms with Crippen LogP contribution in [0, 0.1) is 0 Å². The summed E-state index contributed by atoms with van der Waals surface area (Å²) in [5, 5.41) is 0. The van der Waals surface area contributed by atoms with Crippen LogP contribution in [0.4, 0.5) is 0 Å². The largest absolute Gasteiger partial charge is 0.462 e. The molecule has 0 radical (unpaired) electrons. The van der Waals surface area contributed by atoms with Crippen LogP contribution in [0.15, 0.2) is 23.3 Å². The Morgan fingerprint density at radius 1 is 1.21 bits per heavy atom. The van der Waals surface area contributed by atoms with Crippen molar-refractivity contribution >= 4 is 5.97 Å². The second-order valence-corrected chi connectivity index (χ2v) is 3.80. The van der Waals surface area contributed by atoms with Gasteiger partial charge in [-0.05, 0) is 40.5 Å². The van der Waals surface area contributed by atoms with Gasteiger partial charge in [0.25, 0.3) is 0 Å². The predicted molar refractivity (Wildman–Crippen MR) is 59.1 cm³/mol. The summed E-state index contributed by atoms with van der Waals surface area (Å²) in [6.07, 6.45) is 1.88. The monoisotopic (exact) mass is 196 g/mol. The van der Waals surface area contributed by atoms with E-state index in [1.807, 2.05) is 0 Å². The van der Waals surface area contributed by atoms with Gasteiger partial charge in [0.2, 0.25) is 0 Å². The molecule has 2 heteroatoms. The summed E-state index contributed by atoms with van der Waals surface area (Å²) in [6.45, 7) is 11.9. The Morgan fingerprint density at radius 2 is 1.79 bits per heavy atom. The molecule has 0 saturated carbocycles. The van der Waals surface area contributed by atoms with Crippen molar-refractivity contribution in [1.29, 1.82) is 0 Å². The van der Waals surface area contributed by atoms with Crippen LogP contribution in [0.5, 0.6) is 0 Å². The average molecular weight is 196 g/mol. The number of carbonyl (C=O) groups excluding carboxylic acids is 1. The van der Waals surface area contributed by atoms with Gasteiger partial charge in [0.1, 0.15) is 0 Å². The molecule has 0 saturated heterocycles. The minimum atomic E-state index is -0.292. The molecule has 0 heterocycles. The van der Waals surface area contributed by atoms with Gasteiger partial charge in [0, 0.05) is 5.57 Å². The normalized spacial score (nSPS) is 9.43. The number of carbonyl (C=O) groups is 1. The fourth-order valence-electron chi connectivity index (χ4n) is 0.875. The summed E-state index contributed by atoms with van der Waals surface area (Å²) in [7, 11) is 0. The Morgan fingerprint density at radius 3 is 2.21 bits per heavy atom. The van der Waals surface area contributed by atoms with Gasteiger partial charge in [-0.25, -0.2) is 4.79 Å². The van der Waals surface area contributed by atoms with Gasteiger partial charge in [-0.1, -0.05) is 17.7 Å². The molecule has 14 heavy (non-hydrogen) atoms. The molecule has 0 aromatic carbocycles. The molecule has 0 aromatic rings. The number of hydrogen-bond acceptors (Lipinski definition) is 2. The lowest BCUT2D eigenvalue weighted by Crippen LogP contribution is -2.06. The summed E-state index contributed by atoms with van der Waals surface area (Å²) >= 11 is 0. The summed E-state index contributed by atoms with van der Waals surface area (Å²) in [5.74, 6) is -0.292. The zero-order valence-electron chi connectivity index (χ0n) is 9.64. The van der Waals surface area contributed by atoms with E-state index in [9.17, 15) is 4.79 Å². The molecular weight excluding hydrogens is 176 g/mol. The topological polar surface area (TPSA) is 26.3 Å². The predicted octanol–water partition coefficient (Wildman–Crippen LogP) is 3.24. The first-order chi connectivity index (χ1) is 6.45. The third kappa shape index (κ3) is 5.57. The molecular formula is C12H20O2. The average Bonchev–Trinajstić information content (AvgIpc) is 2.11. The van der Waals surface area contributed by atoms with Crippen LogP contribution in [-0.4, -0.2) is 12.6 Å². The maximum Gasteiger partial charge on any atom is 0.333 e. The quantitative estimate of drug-likeness (QED) is 0.292. The molecule has 0 unspecified atom stereocenters. The van der Waals surface area contributed by atoms with E-state index in [4.69, 9.17) is 4.74 Å². The highest BCUT2D eigenvalue weighted by atomic mass is 16.5. The van der Waals surface area contributed by atoms with Gasteiger partial charge in [0.05, 0.1) is 6.61 Å². The van der Waals surface area contributed by atoms with Gasteiger partial charge in [-0.3, -0.25) is 0 Å². The van der Waals surface area contributed by atoms with Gasteiger partial charge >= 0.3 is 5.97 Å². The van der Waals surface area contributed by atoms with Crippen molar-refractivity contribution in [3.8, 4) is 0 Å². The molecule has 0 aliphatic heterocycles. The molecule has 0 rings (SSSR count). The van der Waals surface area contributed by atoms with Crippen LogP contribution in [0.25, 0.3) is 0 Å². The molecule has 0 fully saturated rings. The SMILES string of the molecule is C=C(C)C(=O)OCCCC(C)=C(C)C. The standard InChI is InChI=1S/C12H20O2/c1-9(2)11(5)7-6-8-14-12(13)10(3)4/h3,6-8H2,1-2,4-5H3. The van der Waals surface area contributed by atoms with Crippen molar-refractivity contribution in [2.75, 3.05) is 6.61 Å². The Kier molecular flexibility index (Phi) is 5.93. The first-order valence-electron chi connectivity index (χ1n) is 4.90. The zero-order chi connectivity index (χ0) is 11.1. The van der Waals surface area contributed by atoms with Crippen molar-refractivity contribution in [2.45, 2.75) is 40.5 Å². The van der Waals surface area contributed by atoms with Crippen molar-refractivity contribution in [3.63, 3.8) is 0 Å². The van der Waals surface area contributed by atoms with Crippen molar-refractivity contribution in [2.24, 2.45) is 0 Å². The number of allylic oxidation sites excluding steroid dienone is 2. The van der Waals surface area contributed by atoms with E-state index in [-0.39, 0.29) is 5.97 Å². The van der Waals surface area contributed by atoms with E-state index in [1.165, 1.54) is 11.1 Å². The van der Waals surface area contributed by atoms with E-state index in [2.05, 4.69) is 27.4 Å². The molecule has 0 bridgehead atoms. The third-order valence-corrected chi connectivity index (χ3v) is 2.13. The van der Waals surface area contributed by atoms with Crippen LogP contribution in [0.3, 0.4) is 0 Å². The van der Waals surface area contributed by atoms with E-state index in [0.29, 0.717) is 12.2 Å². The van der Waals surface area contributed by atoms with E-state index < -0.39 is 0 Å². The number of esters is 1. The van der Waals surface area contributed by atoms with E-state index >= 15 is 0 Å². The van der Waals surface area contributed by atoms with Crippen LogP contribution in [-0.2, 0) is 9.53 Å². The van der Waals surface area contributed by atoms with Crippen molar-refractivity contribution < 1.29 is 9.53 Å². The van der Waals surface area contributed by atoms with E-state index in [0.717, 1.165) is 12.8 Å². The molecule has 0 aliphatic rings. The maximum atomic E-state index is 11.0. The molecule has 0 amide bonds. The van der Waals surface area contributed by atoms with Gasteiger partial charge < -0.3 is 4.74 Å². The van der Waals surface area contributed by atoms with Crippen LogP contribution in [0.2, 0.25) is 0 Å². The van der Waals surface area contributed by atoms with Gasteiger partial charge in [0.15, 0.2) is 0 Å². The summed E-state index contributed by atoms with van der Waals surface area (Å²) < 4.78 is 4.97. The lowest BCUT2D eigenvalue weighted by atomic mass is 10.1.